The second kappa shape index (κ2) is 18.0. The van der Waals surface area contributed by atoms with Gasteiger partial charge in [-0.25, -0.2) is 0 Å². The third-order valence-corrected chi connectivity index (χ3v) is 19.0. The highest BCUT2D eigenvalue weighted by Gasteiger charge is 2.46. The van der Waals surface area contributed by atoms with Crippen LogP contribution in [0.2, 0.25) is 0 Å². The fourth-order valence-electron chi connectivity index (χ4n) is 7.69. The van der Waals surface area contributed by atoms with E-state index in [4.69, 9.17) is 0 Å². The zero-order chi connectivity index (χ0) is 35.1. The van der Waals surface area contributed by atoms with Crippen molar-refractivity contribution in [3.63, 3.8) is 0 Å². The molecule has 8 rings (SSSR count). The van der Waals surface area contributed by atoms with Crippen molar-refractivity contribution in [2.24, 2.45) is 0 Å². The summed E-state index contributed by atoms with van der Waals surface area (Å²) in [6.45, 7) is 0. The van der Waals surface area contributed by atoms with E-state index in [0.29, 0.717) is 0 Å². The normalized spacial score (nSPS) is 11.2. The van der Waals surface area contributed by atoms with Gasteiger partial charge in [0.1, 0.15) is 46.4 Å². The largest absolute Gasteiger partial charge is 1.00 e. The molecular weight excluding hydrogens is 733 g/mol. The van der Waals surface area contributed by atoms with Crippen molar-refractivity contribution in [2.75, 3.05) is 0 Å². The molecule has 0 bridgehead atoms. The summed E-state index contributed by atoms with van der Waals surface area (Å²) >= 11 is 0. The fourth-order valence-corrected chi connectivity index (χ4v) is 16.2. The van der Waals surface area contributed by atoms with E-state index >= 15 is 0 Å². The van der Waals surface area contributed by atoms with Crippen molar-refractivity contribution in [3.8, 4) is 11.1 Å². The van der Waals surface area contributed by atoms with Gasteiger partial charge < -0.3 is 24.8 Å². The lowest BCUT2D eigenvalue weighted by molar-refractivity contribution is -0.00100. The molecule has 0 spiro atoms. The molecule has 0 aromatic heterocycles. The Morgan fingerprint density at radius 2 is 0.407 bits per heavy atom. The predicted molar refractivity (Wildman–Crippen MR) is 230 cm³/mol. The predicted octanol–water partition coefficient (Wildman–Crippen LogP) is 4.35. The maximum atomic E-state index is 2.35. The lowest BCUT2D eigenvalue weighted by atomic mass is 10.0. The van der Waals surface area contributed by atoms with Crippen LogP contribution in [0.1, 0.15) is 11.1 Å². The van der Waals surface area contributed by atoms with Crippen LogP contribution in [0.5, 0.6) is 0 Å². The average Bonchev–Trinajstić information content (AvgIpc) is 3.24. The van der Waals surface area contributed by atoms with Crippen LogP contribution in [0.3, 0.4) is 0 Å². The summed E-state index contributed by atoms with van der Waals surface area (Å²) in [6.07, 6.45) is 1.93. The number of rotatable bonds is 11. The lowest BCUT2D eigenvalue weighted by Crippen LogP contribution is -3.00. The smallest absolute Gasteiger partial charge is 0.116 e. The van der Waals surface area contributed by atoms with Gasteiger partial charge in [0.15, 0.2) is 0 Å². The Kier molecular flexibility index (Phi) is 13.0. The Hall–Kier alpha value is -4.80. The molecule has 0 aliphatic rings. The van der Waals surface area contributed by atoms with Gasteiger partial charge in [0.25, 0.3) is 0 Å². The molecule has 0 atom stereocenters. The van der Waals surface area contributed by atoms with E-state index in [9.17, 15) is 0 Å². The molecule has 0 saturated carbocycles. The fraction of sp³-hybridized carbons (Fsp3) is 0.0400. The van der Waals surface area contributed by atoms with Crippen molar-refractivity contribution in [3.05, 3.63) is 242 Å². The quantitative estimate of drug-likeness (QED) is 0.172. The Balaban J connectivity index is 0.00000249. The zero-order valence-corrected chi connectivity index (χ0v) is 33.3. The number of benzene rings is 8. The van der Waals surface area contributed by atoms with E-state index < -0.39 is 14.5 Å². The highest BCUT2D eigenvalue weighted by molar-refractivity contribution is 7.95. The third kappa shape index (κ3) is 7.86. The van der Waals surface area contributed by atoms with Crippen LogP contribution in [0.15, 0.2) is 231 Å². The van der Waals surface area contributed by atoms with Gasteiger partial charge >= 0.3 is 0 Å². The standard InChI is InChI=1S/C50H42P2.2ClH/c1-7-19-45(20-8-1)51(46-21-9-2-10-22-46,47-23-11-3-12-24-47)39-41-31-35-43(36-32-41)44-37-33-42(34-38-44)40-52(48-25-13-4-14-26-48,49-27-15-5-16-28-49)50-29-17-6-18-30-50;;/h1-38H,39-40H2;2*1H/q+2;;/p-2. The zero-order valence-electron chi connectivity index (χ0n) is 30.0. The molecule has 0 radical (unpaired) electrons. The minimum atomic E-state index is -1.96. The molecule has 0 nitrogen and oxygen atoms in total. The van der Waals surface area contributed by atoms with E-state index in [2.05, 4.69) is 231 Å². The van der Waals surface area contributed by atoms with Gasteiger partial charge in [0.05, 0.1) is 12.3 Å². The van der Waals surface area contributed by atoms with E-state index in [0.717, 1.165) is 12.3 Å². The Morgan fingerprint density at radius 1 is 0.222 bits per heavy atom. The topological polar surface area (TPSA) is 0 Å². The first kappa shape index (κ1) is 38.9. The number of hydrogen-bond acceptors (Lipinski definition) is 0. The molecule has 0 amide bonds. The summed E-state index contributed by atoms with van der Waals surface area (Å²) in [5.74, 6) is 0. The minimum absolute atomic E-state index is 0. The van der Waals surface area contributed by atoms with E-state index in [1.165, 1.54) is 54.1 Å². The molecule has 0 heterocycles. The minimum Gasteiger partial charge on any atom is -1.00 e. The molecule has 0 unspecified atom stereocenters. The third-order valence-electron chi connectivity index (χ3n) is 10.3. The summed E-state index contributed by atoms with van der Waals surface area (Å²) < 4.78 is 0. The maximum absolute atomic E-state index is 2.35. The van der Waals surface area contributed by atoms with Gasteiger partial charge in [0, 0.05) is 0 Å². The van der Waals surface area contributed by atoms with E-state index in [1.54, 1.807) is 0 Å². The molecule has 0 aliphatic carbocycles. The van der Waals surface area contributed by atoms with Crippen molar-refractivity contribution in [1.82, 2.24) is 0 Å². The van der Waals surface area contributed by atoms with Gasteiger partial charge in [-0.3, -0.25) is 0 Å². The van der Waals surface area contributed by atoms with Gasteiger partial charge in [-0.05, 0) is 95.1 Å². The summed E-state index contributed by atoms with van der Waals surface area (Å²) in [6, 6.07) is 85.6. The molecule has 8 aromatic rings. The van der Waals surface area contributed by atoms with Crippen LogP contribution in [0.4, 0.5) is 0 Å². The molecule has 0 N–H and O–H groups in total. The molecular formula is C50H42Cl2P2. The lowest BCUT2D eigenvalue weighted by Gasteiger charge is -2.28. The number of halogens is 2. The van der Waals surface area contributed by atoms with Crippen LogP contribution in [0.25, 0.3) is 11.1 Å². The van der Waals surface area contributed by atoms with Crippen molar-refractivity contribution in [1.29, 1.82) is 0 Å². The molecule has 8 aromatic carbocycles. The van der Waals surface area contributed by atoms with E-state index in [1.807, 2.05) is 0 Å². The van der Waals surface area contributed by atoms with E-state index in [-0.39, 0.29) is 24.8 Å². The maximum Gasteiger partial charge on any atom is 0.116 e. The molecule has 266 valence electrons. The van der Waals surface area contributed by atoms with Crippen molar-refractivity contribution < 1.29 is 24.8 Å². The summed E-state index contributed by atoms with van der Waals surface area (Å²) in [4.78, 5) is 0. The first-order valence-electron chi connectivity index (χ1n) is 18.0. The Labute approximate surface area is 334 Å². The summed E-state index contributed by atoms with van der Waals surface area (Å²) in [7, 11) is -3.92. The summed E-state index contributed by atoms with van der Waals surface area (Å²) in [5, 5.41) is 8.46. The average molecular weight is 776 g/mol. The first-order chi connectivity index (χ1) is 25.8. The van der Waals surface area contributed by atoms with Gasteiger partial charge in [0.2, 0.25) is 0 Å². The van der Waals surface area contributed by atoms with Crippen LogP contribution in [-0.4, -0.2) is 0 Å². The van der Waals surface area contributed by atoms with Crippen LogP contribution >= 0.6 is 14.5 Å². The van der Waals surface area contributed by atoms with Crippen molar-refractivity contribution in [2.45, 2.75) is 12.3 Å². The van der Waals surface area contributed by atoms with Gasteiger partial charge in [-0.15, -0.1) is 0 Å². The molecule has 4 heteroatoms. The van der Waals surface area contributed by atoms with Crippen molar-refractivity contribution >= 4 is 46.4 Å². The Bertz CT molecular complexity index is 1940. The highest BCUT2D eigenvalue weighted by Crippen LogP contribution is 2.59. The second-order valence-electron chi connectivity index (χ2n) is 13.3. The summed E-state index contributed by atoms with van der Waals surface area (Å²) in [5.41, 5.74) is 5.20. The molecule has 0 fully saturated rings. The first-order valence-corrected chi connectivity index (χ1v) is 22.0. The van der Waals surface area contributed by atoms with Crippen LogP contribution < -0.4 is 56.6 Å². The number of hydrogen-bond donors (Lipinski definition) is 0. The van der Waals surface area contributed by atoms with Gasteiger partial charge in [-0.2, -0.15) is 0 Å². The Morgan fingerprint density at radius 3 is 0.593 bits per heavy atom. The van der Waals surface area contributed by atoms with Crippen LogP contribution in [-0.2, 0) is 12.3 Å². The molecule has 54 heavy (non-hydrogen) atoms. The second-order valence-corrected chi connectivity index (χ2v) is 20.3. The molecule has 0 aliphatic heterocycles. The monoisotopic (exact) mass is 774 g/mol. The van der Waals surface area contributed by atoms with Crippen LogP contribution in [0, 0.1) is 0 Å². The molecule has 0 saturated heterocycles. The highest BCUT2D eigenvalue weighted by atomic mass is 35.5. The SMILES string of the molecule is [Cl-].[Cl-].c1ccc([P+](Cc2ccc(-c3ccc(C[P+](c4ccccc4)(c4ccccc4)c4ccccc4)cc3)cc2)(c2ccccc2)c2ccccc2)cc1. The van der Waals surface area contributed by atoms with Gasteiger partial charge in [-0.1, -0.05) is 158 Å².